The summed E-state index contributed by atoms with van der Waals surface area (Å²) in [5, 5.41) is 0. The lowest BCUT2D eigenvalue weighted by Crippen LogP contribution is -2.33. The molecule has 1 aromatic carbocycles. The number of esters is 2. The van der Waals surface area contributed by atoms with E-state index in [1.807, 2.05) is 37.3 Å². The summed E-state index contributed by atoms with van der Waals surface area (Å²) >= 11 is 0. The molecule has 0 aliphatic heterocycles. The van der Waals surface area contributed by atoms with Gasteiger partial charge in [0.2, 0.25) is 0 Å². The van der Waals surface area contributed by atoms with Crippen LogP contribution in [0.15, 0.2) is 43.0 Å². The van der Waals surface area contributed by atoms with Gasteiger partial charge < -0.3 is 9.47 Å². The van der Waals surface area contributed by atoms with Crippen LogP contribution in [-0.4, -0.2) is 19.0 Å². The lowest BCUT2D eigenvalue weighted by Gasteiger charge is -2.22. The van der Waals surface area contributed by atoms with Crippen LogP contribution < -0.4 is 0 Å². The monoisotopic (exact) mass is 316 g/mol. The molecule has 1 aromatic rings. The first-order chi connectivity index (χ1) is 11.1. The summed E-state index contributed by atoms with van der Waals surface area (Å²) in [5.41, 5.74) is 0.932. The van der Waals surface area contributed by atoms with Crippen molar-refractivity contribution in [2.45, 2.75) is 26.4 Å². The molecule has 2 rings (SSSR count). The Morgan fingerprint density at radius 3 is 2.48 bits per heavy atom. The van der Waals surface area contributed by atoms with Crippen molar-refractivity contribution < 1.29 is 19.1 Å². The zero-order chi connectivity index (χ0) is 16.8. The normalized spacial score (nSPS) is 26.5. The third-order valence-electron chi connectivity index (χ3n) is 4.73. The van der Waals surface area contributed by atoms with Gasteiger partial charge in [0.15, 0.2) is 0 Å². The molecule has 4 nitrogen and oxygen atoms in total. The molecule has 0 bridgehead atoms. The van der Waals surface area contributed by atoms with Crippen LogP contribution in [0, 0.1) is 23.7 Å². The van der Waals surface area contributed by atoms with E-state index in [0.717, 1.165) is 18.4 Å². The molecule has 124 valence electrons. The molecular weight excluding hydrogens is 292 g/mol. The van der Waals surface area contributed by atoms with Gasteiger partial charge in [-0.15, -0.1) is 6.58 Å². The third-order valence-corrected chi connectivity index (χ3v) is 4.73. The average Bonchev–Trinajstić information content (AvgIpc) is 2.98. The van der Waals surface area contributed by atoms with Crippen molar-refractivity contribution in [3.8, 4) is 0 Å². The largest absolute Gasteiger partial charge is 0.469 e. The fourth-order valence-electron chi connectivity index (χ4n) is 3.49. The number of hydrogen-bond donors (Lipinski definition) is 0. The van der Waals surface area contributed by atoms with Crippen LogP contribution in [0.25, 0.3) is 0 Å². The van der Waals surface area contributed by atoms with Gasteiger partial charge in [0.05, 0.1) is 18.9 Å². The highest BCUT2D eigenvalue weighted by molar-refractivity contribution is 5.83. The van der Waals surface area contributed by atoms with Crippen molar-refractivity contribution in [2.24, 2.45) is 23.7 Å². The first kappa shape index (κ1) is 17.3. The third kappa shape index (κ3) is 3.81. The van der Waals surface area contributed by atoms with Gasteiger partial charge in [-0.25, -0.2) is 0 Å². The SMILES string of the molecule is C=CC1CC(CC)C(C(=O)OCc2ccccc2)C1C(=O)OC. The average molecular weight is 316 g/mol. The van der Waals surface area contributed by atoms with Crippen molar-refractivity contribution in [2.75, 3.05) is 7.11 Å². The minimum absolute atomic E-state index is 0.0401. The van der Waals surface area contributed by atoms with Crippen molar-refractivity contribution in [3.05, 3.63) is 48.6 Å². The molecule has 0 heterocycles. The molecule has 23 heavy (non-hydrogen) atoms. The summed E-state index contributed by atoms with van der Waals surface area (Å²) in [6.45, 7) is 6.06. The van der Waals surface area contributed by atoms with E-state index in [2.05, 4.69) is 6.58 Å². The van der Waals surface area contributed by atoms with E-state index in [4.69, 9.17) is 9.47 Å². The maximum Gasteiger partial charge on any atom is 0.310 e. The van der Waals surface area contributed by atoms with Crippen LogP contribution in [0.1, 0.15) is 25.3 Å². The molecule has 0 saturated heterocycles. The van der Waals surface area contributed by atoms with E-state index in [1.54, 1.807) is 6.08 Å². The molecule has 0 aromatic heterocycles. The van der Waals surface area contributed by atoms with Crippen molar-refractivity contribution >= 4 is 11.9 Å². The maximum atomic E-state index is 12.6. The second-order valence-electron chi connectivity index (χ2n) is 5.97. The van der Waals surface area contributed by atoms with Gasteiger partial charge in [-0.3, -0.25) is 9.59 Å². The Hall–Kier alpha value is -2.10. The molecule has 1 aliphatic rings. The lowest BCUT2D eigenvalue weighted by molar-refractivity contribution is -0.161. The summed E-state index contributed by atoms with van der Waals surface area (Å²) in [6, 6.07) is 9.53. The van der Waals surface area contributed by atoms with Gasteiger partial charge in [-0.2, -0.15) is 0 Å². The molecule has 1 aliphatic carbocycles. The quantitative estimate of drug-likeness (QED) is 0.596. The van der Waals surface area contributed by atoms with Gasteiger partial charge in [0, 0.05) is 0 Å². The summed E-state index contributed by atoms with van der Waals surface area (Å²) < 4.78 is 10.4. The number of rotatable bonds is 6. The highest BCUT2D eigenvalue weighted by Gasteiger charge is 2.50. The Bertz CT molecular complexity index is 552. The van der Waals surface area contributed by atoms with Crippen molar-refractivity contribution in [3.63, 3.8) is 0 Å². The van der Waals surface area contributed by atoms with E-state index in [9.17, 15) is 9.59 Å². The molecule has 4 atom stereocenters. The number of hydrogen-bond acceptors (Lipinski definition) is 4. The first-order valence-corrected chi connectivity index (χ1v) is 8.03. The number of ether oxygens (including phenoxy) is 2. The van der Waals surface area contributed by atoms with Crippen molar-refractivity contribution in [1.82, 2.24) is 0 Å². The van der Waals surface area contributed by atoms with Crippen LogP contribution in [0.5, 0.6) is 0 Å². The topological polar surface area (TPSA) is 52.6 Å². The second kappa shape index (κ2) is 7.95. The maximum absolute atomic E-state index is 12.6. The number of carbonyl (C=O) groups excluding carboxylic acids is 2. The summed E-state index contributed by atoms with van der Waals surface area (Å²) in [6.07, 6.45) is 3.35. The Labute approximate surface area is 137 Å². The molecule has 0 amide bonds. The predicted molar refractivity (Wildman–Crippen MR) is 87.3 cm³/mol. The molecule has 4 heteroatoms. The fraction of sp³-hybridized carbons (Fsp3) is 0.474. The van der Waals surface area contributed by atoms with Gasteiger partial charge in [-0.05, 0) is 23.8 Å². The van der Waals surface area contributed by atoms with Crippen LogP contribution >= 0.6 is 0 Å². The Morgan fingerprint density at radius 2 is 1.91 bits per heavy atom. The first-order valence-electron chi connectivity index (χ1n) is 8.03. The second-order valence-corrected chi connectivity index (χ2v) is 5.97. The smallest absolute Gasteiger partial charge is 0.310 e. The minimum atomic E-state index is -0.495. The molecule has 1 saturated carbocycles. The fourth-order valence-corrected chi connectivity index (χ4v) is 3.49. The highest BCUT2D eigenvalue weighted by Crippen LogP contribution is 2.45. The zero-order valence-electron chi connectivity index (χ0n) is 13.7. The zero-order valence-corrected chi connectivity index (χ0v) is 13.7. The minimum Gasteiger partial charge on any atom is -0.469 e. The number of carbonyl (C=O) groups is 2. The van der Waals surface area contributed by atoms with E-state index in [0.29, 0.717) is 0 Å². The Morgan fingerprint density at radius 1 is 1.22 bits per heavy atom. The molecular formula is C19H24O4. The van der Waals surface area contributed by atoms with Crippen LogP contribution in [0.4, 0.5) is 0 Å². The van der Waals surface area contributed by atoms with Crippen LogP contribution in [0.3, 0.4) is 0 Å². The van der Waals surface area contributed by atoms with E-state index in [-0.39, 0.29) is 30.4 Å². The van der Waals surface area contributed by atoms with Gasteiger partial charge in [0.1, 0.15) is 6.61 Å². The summed E-state index contributed by atoms with van der Waals surface area (Å²) in [4.78, 5) is 24.8. The highest BCUT2D eigenvalue weighted by atomic mass is 16.5. The summed E-state index contributed by atoms with van der Waals surface area (Å²) in [5.74, 6) is -1.55. The van der Waals surface area contributed by atoms with E-state index < -0.39 is 11.8 Å². The Kier molecular flexibility index (Phi) is 5.97. The lowest BCUT2D eigenvalue weighted by atomic mass is 9.86. The van der Waals surface area contributed by atoms with Crippen molar-refractivity contribution in [1.29, 1.82) is 0 Å². The molecule has 0 N–H and O–H groups in total. The standard InChI is InChI=1S/C19H24O4/c1-4-14-11-15(5-2)17(16(14)18(20)22-3)19(21)23-12-13-9-7-6-8-10-13/h4,6-10,14-17H,1,5,11-12H2,2-3H3. The molecule has 0 radical (unpaired) electrons. The molecule has 1 fully saturated rings. The van der Waals surface area contributed by atoms with Gasteiger partial charge in [-0.1, -0.05) is 49.8 Å². The predicted octanol–water partition coefficient (Wildman–Crippen LogP) is 3.37. The number of methoxy groups -OCH3 is 1. The van der Waals surface area contributed by atoms with E-state index in [1.165, 1.54) is 7.11 Å². The van der Waals surface area contributed by atoms with Gasteiger partial charge in [0.25, 0.3) is 0 Å². The number of benzene rings is 1. The van der Waals surface area contributed by atoms with Crippen LogP contribution in [-0.2, 0) is 25.7 Å². The van der Waals surface area contributed by atoms with Crippen LogP contribution in [0.2, 0.25) is 0 Å². The number of allylic oxidation sites excluding steroid dienone is 1. The Balaban J connectivity index is 2.13. The molecule has 0 spiro atoms. The van der Waals surface area contributed by atoms with E-state index >= 15 is 0 Å². The molecule has 4 unspecified atom stereocenters. The van der Waals surface area contributed by atoms with Gasteiger partial charge >= 0.3 is 11.9 Å². The summed E-state index contributed by atoms with van der Waals surface area (Å²) in [7, 11) is 1.36.